The van der Waals surface area contributed by atoms with Crippen molar-refractivity contribution in [3.8, 4) is 0 Å². The first kappa shape index (κ1) is 9.81. The standard InChI is InChI=1S/C7H8Cl2O3/c1-2-12-5(11)6(4-10)3-7(6,8)9/h4H,2-3H2,1H3. The van der Waals surface area contributed by atoms with E-state index >= 15 is 0 Å². The van der Waals surface area contributed by atoms with E-state index in [0.717, 1.165) is 0 Å². The molecule has 0 aromatic rings. The zero-order valence-electron chi connectivity index (χ0n) is 6.47. The Balaban J connectivity index is 2.72. The summed E-state index contributed by atoms with van der Waals surface area (Å²) in [4.78, 5) is 21.7. The first-order chi connectivity index (χ1) is 5.50. The third-order valence-electron chi connectivity index (χ3n) is 1.87. The summed E-state index contributed by atoms with van der Waals surface area (Å²) in [5.74, 6) is -0.634. The summed E-state index contributed by atoms with van der Waals surface area (Å²) in [6.07, 6.45) is 0.608. The molecule has 0 aromatic carbocycles. The van der Waals surface area contributed by atoms with E-state index in [-0.39, 0.29) is 13.0 Å². The van der Waals surface area contributed by atoms with Crippen LogP contribution in [-0.4, -0.2) is 23.2 Å². The van der Waals surface area contributed by atoms with Crippen molar-refractivity contribution in [1.29, 1.82) is 0 Å². The Morgan fingerprint density at radius 1 is 1.67 bits per heavy atom. The van der Waals surface area contributed by atoms with Crippen molar-refractivity contribution in [2.24, 2.45) is 5.41 Å². The van der Waals surface area contributed by atoms with E-state index in [1.807, 2.05) is 0 Å². The molecule has 1 aliphatic rings. The van der Waals surface area contributed by atoms with Gasteiger partial charge in [-0.2, -0.15) is 0 Å². The van der Waals surface area contributed by atoms with Gasteiger partial charge in [-0.3, -0.25) is 4.79 Å². The van der Waals surface area contributed by atoms with Gasteiger partial charge in [0.25, 0.3) is 0 Å². The van der Waals surface area contributed by atoms with Crippen molar-refractivity contribution >= 4 is 35.5 Å². The highest BCUT2D eigenvalue weighted by Crippen LogP contribution is 2.63. The lowest BCUT2D eigenvalue weighted by molar-refractivity contribution is -0.151. The molecular formula is C7H8Cl2O3. The number of rotatable bonds is 3. The van der Waals surface area contributed by atoms with Gasteiger partial charge in [0, 0.05) is 6.42 Å². The molecule has 0 N–H and O–H groups in total. The first-order valence-electron chi connectivity index (χ1n) is 3.51. The van der Waals surface area contributed by atoms with Gasteiger partial charge in [-0.1, -0.05) is 23.2 Å². The largest absolute Gasteiger partial charge is 0.465 e. The number of aldehydes is 1. The van der Waals surface area contributed by atoms with Crippen LogP contribution in [0.1, 0.15) is 13.3 Å². The van der Waals surface area contributed by atoms with Crippen molar-refractivity contribution in [1.82, 2.24) is 0 Å². The van der Waals surface area contributed by atoms with Gasteiger partial charge in [0.2, 0.25) is 0 Å². The summed E-state index contributed by atoms with van der Waals surface area (Å²) in [7, 11) is 0. The summed E-state index contributed by atoms with van der Waals surface area (Å²) in [5, 5.41) is 0. The minimum Gasteiger partial charge on any atom is -0.465 e. The highest BCUT2D eigenvalue weighted by Gasteiger charge is 2.73. The number of hydrogen-bond acceptors (Lipinski definition) is 3. The number of alkyl halides is 2. The number of halogens is 2. The molecule has 0 heterocycles. The molecule has 3 nitrogen and oxygen atoms in total. The second kappa shape index (κ2) is 2.89. The van der Waals surface area contributed by atoms with Gasteiger partial charge in [0.1, 0.15) is 10.6 Å². The molecule has 0 radical (unpaired) electrons. The van der Waals surface area contributed by atoms with Crippen molar-refractivity contribution in [2.45, 2.75) is 17.7 Å². The lowest BCUT2D eigenvalue weighted by atomic mass is 10.1. The van der Waals surface area contributed by atoms with E-state index in [1.54, 1.807) is 6.92 Å². The van der Waals surface area contributed by atoms with Gasteiger partial charge in [0.05, 0.1) is 6.61 Å². The van der Waals surface area contributed by atoms with Crippen molar-refractivity contribution < 1.29 is 14.3 Å². The monoisotopic (exact) mass is 210 g/mol. The molecule has 0 spiro atoms. The second-order valence-corrected chi connectivity index (χ2v) is 4.17. The van der Waals surface area contributed by atoms with Crippen molar-refractivity contribution in [3.63, 3.8) is 0 Å². The van der Waals surface area contributed by atoms with Crippen LogP contribution in [0.4, 0.5) is 0 Å². The topological polar surface area (TPSA) is 43.4 Å². The highest BCUT2D eigenvalue weighted by atomic mass is 35.5. The Morgan fingerprint density at radius 3 is 2.42 bits per heavy atom. The summed E-state index contributed by atoms with van der Waals surface area (Å²) in [5.41, 5.74) is -1.31. The van der Waals surface area contributed by atoms with E-state index in [2.05, 4.69) is 4.74 Å². The summed E-state index contributed by atoms with van der Waals surface area (Å²) in [6.45, 7) is 1.88. The molecule has 0 bridgehead atoms. The fourth-order valence-electron chi connectivity index (χ4n) is 0.963. The zero-order chi connectivity index (χ0) is 9.41. The van der Waals surface area contributed by atoms with Gasteiger partial charge in [-0.05, 0) is 6.92 Å². The van der Waals surface area contributed by atoms with E-state index in [9.17, 15) is 9.59 Å². The molecule has 0 aromatic heterocycles. The van der Waals surface area contributed by atoms with Gasteiger partial charge in [-0.15, -0.1) is 0 Å². The molecule has 5 heteroatoms. The molecule has 1 rings (SSSR count). The summed E-state index contributed by atoms with van der Waals surface area (Å²) in [6, 6.07) is 0. The lowest BCUT2D eigenvalue weighted by Gasteiger charge is -2.08. The number of esters is 1. The van der Waals surface area contributed by atoms with E-state index in [1.165, 1.54) is 0 Å². The van der Waals surface area contributed by atoms with Crippen LogP contribution in [-0.2, 0) is 14.3 Å². The van der Waals surface area contributed by atoms with Crippen LogP contribution >= 0.6 is 23.2 Å². The Labute approximate surface area is 80.0 Å². The number of ether oxygens (including phenoxy) is 1. The third-order valence-corrected chi connectivity index (χ3v) is 2.81. The molecule has 1 unspecified atom stereocenters. The number of carbonyl (C=O) groups excluding carboxylic acids is 2. The Hall–Kier alpha value is -0.280. The highest BCUT2D eigenvalue weighted by molar-refractivity contribution is 6.54. The third kappa shape index (κ3) is 1.21. The molecule has 68 valence electrons. The second-order valence-electron chi connectivity index (χ2n) is 2.69. The van der Waals surface area contributed by atoms with Crippen molar-refractivity contribution in [3.05, 3.63) is 0 Å². The molecule has 1 saturated carbocycles. The molecule has 0 aliphatic heterocycles. The smallest absolute Gasteiger partial charge is 0.322 e. The SMILES string of the molecule is CCOC(=O)C1(C=O)CC1(Cl)Cl. The zero-order valence-corrected chi connectivity index (χ0v) is 7.98. The first-order valence-corrected chi connectivity index (χ1v) is 4.27. The fraction of sp³-hybridized carbons (Fsp3) is 0.714. The van der Waals surface area contributed by atoms with Crippen LogP contribution in [0.25, 0.3) is 0 Å². The summed E-state index contributed by atoms with van der Waals surface area (Å²) >= 11 is 11.3. The van der Waals surface area contributed by atoms with Gasteiger partial charge in [-0.25, -0.2) is 0 Å². The van der Waals surface area contributed by atoms with Crippen LogP contribution in [0.5, 0.6) is 0 Å². The van der Waals surface area contributed by atoms with Crippen LogP contribution in [0.3, 0.4) is 0 Å². The Kier molecular flexibility index (Phi) is 2.36. The van der Waals surface area contributed by atoms with Gasteiger partial charge in [0.15, 0.2) is 5.41 Å². The number of hydrogen-bond donors (Lipinski definition) is 0. The normalized spacial score (nSPS) is 30.9. The molecule has 0 saturated heterocycles. The minimum atomic E-state index is -1.31. The van der Waals surface area contributed by atoms with Crippen LogP contribution in [0.15, 0.2) is 0 Å². The Bertz CT molecular complexity index is 227. The molecule has 12 heavy (non-hydrogen) atoms. The summed E-state index contributed by atoms with van der Waals surface area (Å²) < 4.78 is 3.39. The van der Waals surface area contributed by atoms with E-state index in [4.69, 9.17) is 23.2 Å². The van der Waals surface area contributed by atoms with E-state index in [0.29, 0.717) is 6.29 Å². The van der Waals surface area contributed by atoms with Crippen LogP contribution in [0, 0.1) is 5.41 Å². The maximum Gasteiger partial charge on any atom is 0.322 e. The average Bonchev–Trinajstić information content (AvgIpc) is 2.55. The minimum absolute atomic E-state index is 0.144. The lowest BCUT2D eigenvalue weighted by Crippen LogP contribution is -2.25. The fourth-order valence-corrected chi connectivity index (χ4v) is 1.63. The predicted molar refractivity (Wildman–Crippen MR) is 44.2 cm³/mol. The molecule has 1 atom stereocenters. The molecule has 1 fully saturated rings. The predicted octanol–water partition coefficient (Wildman–Crippen LogP) is 1.31. The average molecular weight is 211 g/mol. The maximum atomic E-state index is 11.2. The van der Waals surface area contributed by atoms with Crippen LogP contribution in [0.2, 0.25) is 0 Å². The van der Waals surface area contributed by atoms with Gasteiger partial charge < -0.3 is 9.53 Å². The number of carbonyl (C=O) groups is 2. The molecular weight excluding hydrogens is 203 g/mol. The quantitative estimate of drug-likeness (QED) is 0.306. The van der Waals surface area contributed by atoms with Crippen LogP contribution < -0.4 is 0 Å². The molecule has 1 aliphatic carbocycles. The van der Waals surface area contributed by atoms with Crippen molar-refractivity contribution in [2.75, 3.05) is 6.61 Å². The molecule has 0 amide bonds. The maximum absolute atomic E-state index is 11.2. The Morgan fingerprint density at radius 2 is 2.17 bits per heavy atom. The van der Waals surface area contributed by atoms with Gasteiger partial charge >= 0.3 is 5.97 Å². The van der Waals surface area contributed by atoms with E-state index < -0.39 is 15.7 Å².